The van der Waals surface area contributed by atoms with Gasteiger partial charge in [0.05, 0.1) is 0 Å². The Morgan fingerprint density at radius 2 is 1.67 bits per heavy atom. The van der Waals surface area contributed by atoms with Crippen LogP contribution in [0.5, 0.6) is 0 Å². The third kappa shape index (κ3) is 2.97. The van der Waals surface area contributed by atoms with Gasteiger partial charge in [-0.1, -0.05) is 67.3 Å². The number of allylic oxidation sites excluding steroid dienone is 4. The Bertz CT molecular complexity index is 680. The molecule has 0 aromatic heterocycles. The highest BCUT2D eigenvalue weighted by Gasteiger charge is 2.20. The normalized spacial score (nSPS) is 16.2. The summed E-state index contributed by atoms with van der Waals surface area (Å²) in [6, 6.07) is 19.2. The Morgan fingerprint density at radius 3 is 2.48 bits per heavy atom. The van der Waals surface area contributed by atoms with E-state index in [1.807, 2.05) is 12.2 Å². The molecule has 0 aliphatic carbocycles. The van der Waals surface area contributed by atoms with Crippen molar-refractivity contribution in [1.29, 1.82) is 0 Å². The average molecular weight is 273 g/mol. The molecule has 0 saturated carbocycles. The van der Waals surface area contributed by atoms with Crippen molar-refractivity contribution in [2.24, 2.45) is 0 Å². The molecule has 0 amide bonds. The van der Waals surface area contributed by atoms with Crippen molar-refractivity contribution in [3.05, 3.63) is 96.6 Å². The number of fused-ring (bicyclic) bond motifs is 1. The van der Waals surface area contributed by atoms with E-state index >= 15 is 0 Å². The van der Waals surface area contributed by atoms with Gasteiger partial charge in [0.15, 0.2) is 0 Å². The van der Waals surface area contributed by atoms with Crippen molar-refractivity contribution >= 4 is 11.4 Å². The van der Waals surface area contributed by atoms with Crippen molar-refractivity contribution in [2.75, 3.05) is 11.4 Å². The Balaban J connectivity index is 2.00. The molecule has 0 fully saturated rings. The molecule has 1 aliphatic heterocycles. The van der Waals surface area contributed by atoms with Crippen LogP contribution in [0.1, 0.15) is 5.56 Å². The highest BCUT2D eigenvalue weighted by Crippen LogP contribution is 2.34. The van der Waals surface area contributed by atoms with E-state index < -0.39 is 0 Å². The lowest BCUT2D eigenvalue weighted by atomic mass is 9.96. The second-order valence-electron chi connectivity index (χ2n) is 5.17. The Hall–Kier alpha value is -2.54. The van der Waals surface area contributed by atoms with Crippen molar-refractivity contribution in [1.82, 2.24) is 0 Å². The lowest BCUT2D eigenvalue weighted by Gasteiger charge is -2.33. The van der Waals surface area contributed by atoms with Crippen LogP contribution in [-0.2, 0) is 6.42 Å². The molecule has 0 spiro atoms. The van der Waals surface area contributed by atoms with Crippen molar-refractivity contribution in [3.8, 4) is 0 Å². The molecule has 0 atom stereocenters. The van der Waals surface area contributed by atoms with Gasteiger partial charge in [-0.15, -0.1) is 0 Å². The van der Waals surface area contributed by atoms with E-state index in [1.165, 1.54) is 22.5 Å². The van der Waals surface area contributed by atoms with Gasteiger partial charge in [0.25, 0.3) is 0 Å². The van der Waals surface area contributed by atoms with Crippen LogP contribution in [0.4, 0.5) is 11.4 Å². The van der Waals surface area contributed by atoms with E-state index in [2.05, 4.69) is 78.2 Å². The Labute approximate surface area is 126 Å². The molecule has 2 aromatic carbocycles. The van der Waals surface area contributed by atoms with Crippen molar-refractivity contribution in [2.45, 2.75) is 6.42 Å². The number of anilines is 2. The van der Waals surface area contributed by atoms with E-state index in [0.717, 1.165) is 13.0 Å². The zero-order valence-corrected chi connectivity index (χ0v) is 12.1. The summed E-state index contributed by atoms with van der Waals surface area (Å²) < 4.78 is 0. The molecule has 1 heterocycles. The van der Waals surface area contributed by atoms with Gasteiger partial charge in [0.2, 0.25) is 0 Å². The van der Waals surface area contributed by atoms with Gasteiger partial charge in [-0.25, -0.2) is 0 Å². The van der Waals surface area contributed by atoms with Crippen LogP contribution >= 0.6 is 0 Å². The summed E-state index contributed by atoms with van der Waals surface area (Å²) in [5.41, 5.74) is 5.35. The Kier molecular flexibility index (Phi) is 4.02. The van der Waals surface area contributed by atoms with E-state index in [9.17, 15) is 0 Å². The minimum Gasteiger partial charge on any atom is -0.337 e. The molecule has 0 saturated heterocycles. The monoisotopic (exact) mass is 273 g/mol. The van der Waals surface area contributed by atoms with Gasteiger partial charge in [0.1, 0.15) is 0 Å². The Morgan fingerprint density at radius 1 is 0.905 bits per heavy atom. The van der Waals surface area contributed by atoms with E-state index in [1.54, 1.807) is 0 Å². The van der Waals surface area contributed by atoms with Gasteiger partial charge in [-0.3, -0.25) is 0 Å². The average Bonchev–Trinajstić information content (AvgIpc) is 2.55. The molecule has 1 aliphatic rings. The molecule has 104 valence electrons. The molecular weight excluding hydrogens is 254 g/mol. The number of benzene rings is 2. The van der Waals surface area contributed by atoms with Gasteiger partial charge in [-0.05, 0) is 35.8 Å². The van der Waals surface area contributed by atoms with Gasteiger partial charge in [0, 0.05) is 17.9 Å². The maximum atomic E-state index is 3.72. The van der Waals surface area contributed by atoms with Gasteiger partial charge < -0.3 is 4.90 Å². The zero-order valence-electron chi connectivity index (χ0n) is 12.1. The van der Waals surface area contributed by atoms with Gasteiger partial charge >= 0.3 is 0 Å². The summed E-state index contributed by atoms with van der Waals surface area (Å²) in [7, 11) is 0. The lowest BCUT2D eigenvalue weighted by Crippen LogP contribution is -2.26. The highest BCUT2D eigenvalue weighted by molar-refractivity contribution is 5.70. The minimum atomic E-state index is 0.933. The topological polar surface area (TPSA) is 3.24 Å². The second kappa shape index (κ2) is 6.27. The number of hydrogen-bond acceptors (Lipinski definition) is 1. The fraction of sp³-hybridized carbons (Fsp3) is 0.100. The summed E-state index contributed by atoms with van der Waals surface area (Å²) >= 11 is 0. The summed E-state index contributed by atoms with van der Waals surface area (Å²) in [6.07, 6.45) is 9.07. The first-order chi connectivity index (χ1) is 10.4. The summed E-state index contributed by atoms with van der Waals surface area (Å²) in [5, 5.41) is 0. The van der Waals surface area contributed by atoms with Crippen LogP contribution in [0.25, 0.3) is 0 Å². The summed E-state index contributed by atoms with van der Waals surface area (Å²) in [6.45, 7) is 4.65. The number of hydrogen-bond donors (Lipinski definition) is 0. The smallest absolute Gasteiger partial charge is 0.0449 e. The first-order valence-electron chi connectivity index (χ1n) is 7.26. The molecule has 2 aromatic rings. The zero-order chi connectivity index (χ0) is 14.5. The number of rotatable bonds is 3. The molecule has 0 radical (unpaired) electrons. The van der Waals surface area contributed by atoms with Crippen LogP contribution < -0.4 is 4.90 Å². The fourth-order valence-corrected chi connectivity index (χ4v) is 2.73. The minimum absolute atomic E-state index is 0.933. The molecule has 3 rings (SSSR count). The first kappa shape index (κ1) is 13.4. The lowest BCUT2D eigenvalue weighted by molar-refractivity contribution is 0.925. The van der Waals surface area contributed by atoms with Crippen molar-refractivity contribution in [3.63, 3.8) is 0 Å². The van der Waals surface area contributed by atoms with Crippen LogP contribution in [0, 0.1) is 0 Å². The van der Waals surface area contributed by atoms with Crippen LogP contribution in [0.15, 0.2) is 91.1 Å². The predicted octanol–water partition coefficient (Wildman–Crippen LogP) is 5.05. The van der Waals surface area contributed by atoms with E-state index in [4.69, 9.17) is 0 Å². The largest absolute Gasteiger partial charge is 0.337 e. The molecule has 1 heteroatoms. The SMILES string of the molecule is C=C/C=C\C=C1\Cc2ccccc2N(c2ccccc2)C1. The number of para-hydroxylation sites is 2. The molecule has 0 bridgehead atoms. The first-order valence-corrected chi connectivity index (χ1v) is 7.26. The maximum Gasteiger partial charge on any atom is 0.0449 e. The summed E-state index contributed by atoms with van der Waals surface area (Å²) in [4.78, 5) is 2.38. The fourth-order valence-electron chi connectivity index (χ4n) is 2.73. The van der Waals surface area contributed by atoms with Gasteiger partial charge in [-0.2, -0.15) is 0 Å². The second-order valence-corrected chi connectivity index (χ2v) is 5.17. The number of nitrogens with zero attached hydrogens (tertiary/aromatic N) is 1. The third-order valence-electron chi connectivity index (χ3n) is 3.71. The molecular formula is C20H19N. The summed E-state index contributed by atoms with van der Waals surface area (Å²) in [5.74, 6) is 0. The van der Waals surface area contributed by atoms with Crippen LogP contribution in [0.3, 0.4) is 0 Å². The molecule has 21 heavy (non-hydrogen) atoms. The molecule has 0 N–H and O–H groups in total. The van der Waals surface area contributed by atoms with E-state index in [-0.39, 0.29) is 0 Å². The van der Waals surface area contributed by atoms with Crippen molar-refractivity contribution < 1.29 is 0 Å². The quantitative estimate of drug-likeness (QED) is 0.707. The third-order valence-corrected chi connectivity index (χ3v) is 3.71. The highest BCUT2D eigenvalue weighted by atomic mass is 15.1. The molecule has 1 nitrogen and oxygen atoms in total. The van der Waals surface area contributed by atoms with Crippen LogP contribution in [-0.4, -0.2) is 6.54 Å². The van der Waals surface area contributed by atoms with E-state index in [0.29, 0.717) is 0 Å². The standard InChI is InChI=1S/C20H19N/c1-2-3-5-10-17-15-18-11-8-9-14-20(18)21(16-17)19-12-6-4-7-13-19/h2-14H,1,15-16H2/b5-3-,17-10-. The predicted molar refractivity (Wildman–Crippen MR) is 91.0 cm³/mol. The van der Waals surface area contributed by atoms with Crippen LogP contribution in [0.2, 0.25) is 0 Å². The molecule has 0 unspecified atom stereocenters. The maximum absolute atomic E-state index is 3.72.